The SMILES string of the molecule is C#Cc1nc(Cl)c(-c2c(F)cccc2F)n1-c1cccc(F)c1. The van der Waals surface area contributed by atoms with E-state index in [1.54, 1.807) is 0 Å². The van der Waals surface area contributed by atoms with Gasteiger partial charge in [0.2, 0.25) is 0 Å². The monoisotopic (exact) mass is 332 g/mol. The van der Waals surface area contributed by atoms with Gasteiger partial charge in [-0.2, -0.15) is 0 Å². The van der Waals surface area contributed by atoms with Crippen LogP contribution < -0.4 is 0 Å². The van der Waals surface area contributed by atoms with Crippen LogP contribution in [-0.2, 0) is 0 Å². The summed E-state index contributed by atoms with van der Waals surface area (Å²) in [6.07, 6.45) is 5.39. The van der Waals surface area contributed by atoms with Gasteiger partial charge in [0, 0.05) is 0 Å². The first-order chi connectivity index (χ1) is 11.0. The molecule has 114 valence electrons. The standard InChI is InChI=1S/C17H8ClF3N2/c1-2-14-22-17(18)16(15-12(20)7-4-8-13(15)21)23(14)11-6-3-5-10(19)9-11/h1,3-9H. The molecule has 0 fully saturated rings. The van der Waals surface area contributed by atoms with E-state index in [1.807, 2.05) is 0 Å². The highest BCUT2D eigenvalue weighted by atomic mass is 35.5. The van der Waals surface area contributed by atoms with E-state index < -0.39 is 17.5 Å². The molecular formula is C17H8ClF3N2. The van der Waals surface area contributed by atoms with Gasteiger partial charge in [0.05, 0.1) is 16.9 Å². The van der Waals surface area contributed by atoms with E-state index >= 15 is 0 Å². The Bertz CT molecular complexity index is 921. The molecule has 0 amide bonds. The first-order valence-corrected chi connectivity index (χ1v) is 6.86. The second-order valence-electron chi connectivity index (χ2n) is 4.63. The van der Waals surface area contributed by atoms with E-state index in [2.05, 4.69) is 10.9 Å². The molecule has 1 heterocycles. The Hall–Kier alpha value is -2.71. The lowest BCUT2D eigenvalue weighted by atomic mass is 10.1. The molecule has 0 spiro atoms. The smallest absolute Gasteiger partial charge is 0.191 e. The van der Waals surface area contributed by atoms with Crippen molar-refractivity contribution in [2.75, 3.05) is 0 Å². The number of nitrogens with zero attached hydrogens (tertiary/aromatic N) is 2. The highest BCUT2D eigenvalue weighted by Gasteiger charge is 2.23. The summed E-state index contributed by atoms with van der Waals surface area (Å²) in [6, 6.07) is 8.79. The summed E-state index contributed by atoms with van der Waals surface area (Å²) in [5.74, 6) is 0.112. The lowest BCUT2D eigenvalue weighted by Crippen LogP contribution is -2.03. The molecule has 0 bridgehead atoms. The maximum Gasteiger partial charge on any atom is 0.191 e. The number of hydrogen-bond donors (Lipinski definition) is 0. The van der Waals surface area contributed by atoms with Crippen molar-refractivity contribution in [1.82, 2.24) is 9.55 Å². The van der Waals surface area contributed by atoms with Crippen molar-refractivity contribution in [2.45, 2.75) is 0 Å². The van der Waals surface area contributed by atoms with Crippen LogP contribution in [0.25, 0.3) is 16.9 Å². The molecule has 0 aliphatic carbocycles. The molecule has 0 saturated carbocycles. The molecule has 2 nitrogen and oxygen atoms in total. The summed E-state index contributed by atoms with van der Waals surface area (Å²) in [5, 5.41) is -0.175. The molecule has 0 atom stereocenters. The molecule has 0 radical (unpaired) electrons. The van der Waals surface area contributed by atoms with Crippen molar-refractivity contribution < 1.29 is 13.2 Å². The zero-order chi connectivity index (χ0) is 16.6. The molecule has 1 aromatic heterocycles. The van der Waals surface area contributed by atoms with Crippen LogP contribution in [0.2, 0.25) is 5.15 Å². The summed E-state index contributed by atoms with van der Waals surface area (Å²) in [4.78, 5) is 3.93. The van der Waals surface area contributed by atoms with E-state index in [0.717, 1.165) is 12.1 Å². The van der Waals surface area contributed by atoms with Crippen LogP contribution in [0.1, 0.15) is 5.82 Å². The molecule has 2 aromatic carbocycles. The average Bonchev–Trinajstić information content (AvgIpc) is 2.84. The van der Waals surface area contributed by atoms with Crippen molar-refractivity contribution in [1.29, 1.82) is 0 Å². The van der Waals surface area contributed by atoms with Gasteiger partial charge in [0.25, 0.3) is 0 Å². The number of halogens is 4. The van der Waals surface area contributed by atoms with Gasteiger partial charge in [0.1, 0.15) is 17.5 Å². The number of benzene rings is 2. The maximum absolute atomic E-state index is 14.1. The third kappa shape index (κ3) is 2.58. The topological polar surface area (TPSA) is 17.8 Å². The van der Waals surface area contributed by atoms with E-state index in [1.165, 1.54) is 34.9 Å². The lowest BCUT2D eigenvalue weighted by Gasteiger charge is -2.11. The Morgan fingerprint density at radius 3 is 2.30 bits per heavy atom. The second kappa shape index (κ2) is 5.82. The fourth-order valence-corrected chi connectivity index (χ4v) is 2.56. The Kier molecular flexibility index (Phi) is 3.85. The lowest BCUT2D eigenvalue weighted by molar-refractivity contribution is 0.588. The first kappa shape index (κ1) is 15.2. The van der Waals surface area contributed by atoms with E-state index in [4.69, 9.17) is 18.0 Å². The third-order valence-corrected chi connectivity index (χ3v) is 3.49. The van der Waals surface area contributed by atoms with Crippen LogP contribution in [0, 0.1) is 29.8 Å². The zero-order valence-electron chi connectivity index (χ0n) is 11.5. The fourth-order valence-electron chi connectivity index (χ4n) is 2.30. The molecule has 3 rings (SSSR count). The normalized spacial score (nSPS) is 10.6. The Morgan fingerprint density at radius 1 is 1.04 bits per heavy atom. The van der Waals surface area contributed by atoms with Crippen LogP contribution in [0.4, 0.5) is 13.2 Å². The highest BCUT2D eigenvalue weighted by molar-refractivity contribution is 6.32. The van der Waals surface area contributed by atoms with Crippen LogP contribution >= 0.6 is 11.6 Å². The summed E-state index contributed by atoms with van der Waals surface area (Å²) in [7, 11) is 0. The molecular weight excluding hydrogens is 325 g/mol. The highest BCUT2D eigenvalue weighted by Crippen LogP contribution is 2.35. The fraction of sp³-hybridized carbons (Fsp3) is 0. The number of imidazole rings is 1. The van der Waals surface area contributed by atoms with Crippen molar-refractivity contribution in [3.05, 3.63) is 70.9 Å². The van der Waals surface area contributed by atoms with E-state index in [0.29, 0.717) is 0 Å². The minimum absolute atomic E-state index is 0.0123. The van der Waals surface area contributed by atoms with Gasteiger partial charge in [-0.05, 0) is 36.3 Å². The van der Waals surface area contributed by atoms with Crippen LogP contribution in [-0.4, -0.2) is 9.55 Å². The second-order valence-corrected chi connectivity index (χ2v) is 4.99. The molecule has 6 heteroatoms. The van der Waals surface area contributed by atoms with Crippen molar-refractivity contribution in [3.63, 3.8) is 0 Å². The van der Waals surface area contributed by atoms with Crippen LogP contribution in [0.3, 0.4) is 0 Å². The molecule has 0 unspecified atom stereocenters. The summed E-state index contributed by atoms with van der Waals surface area (Å²) in [5.41, 5.74) is -0.188. The molecule has 0 N–H and O–H groups in total. The van der Waals surface area contributed by atoms with Gasteiger partial charge >= 0.3 is 0 Å². The molecule has 0 saturated heterocycles. The minimum atomic E-state index is -0.826. The predicted molar refractivity (Wildman–Crippen MR) is 81.8 cm³/mol. The van der Waals surface area contributed by atoms with Gasteiger partial charge in [0.15, 0.2) is 11.0 Å². The van der Waals surface area contributed by atoms with Crippen molar-refractivity contribution in [2.24, 2.45) is 0 Å². The molecule has 3 aromatic rings. The van der Waals surface area contributed by atoms with Gasteiger partial charge in [-0.3, -0.25) is 4.57 Å². The van der Waals surface area contributed by atoms with Gasteiger partial charge in [-0.25, -0.2) is 18.2 Å². The van der Waals surface area contributed by atoms with Gasteiger partial charge < -0.3 is 0 Å². The van der Waals surface area contributed by atoms with E-state index in [-0.39, 0.29) is 27.9 Å². The van der Waals surface area contributed by atoms with Crippen molar-refractivity contribution in [3.8, 4) is 29.3 Å². The molecule has 0 aliphatic heterocycles. The summed E-state index contributed by atoms with van der Waals surface area (Å²) >= 11 is 6.04. The number of aromatic nitrogens is 2. The summed E-state index contributed by atoms with van der Waals surface area (Å²) in [6.45, 7) is 0. The number of terminal acetylenes is 1. The van der Waals surface area contributed by atoms with Crippen LogP contribution in [0.5, 0.6) is 0 Å². The number of rotatable bonds is 2. The van der Waals surface area contributed by atoms with Crippen molar-refractivity contribution >= 4 is 11.6 Å². The molecule has 0 aliphatic rings. The number of hydrogen-bond acceptors (Lipinski definition) is 1. The maximum atomic E-state index is 14.1. The first-order valence-electron chi connectivity index (χ1n) is 6.48. The molecule has 23 heavy (non-hydrogen) atoms. The largest absolute Gasteiger partial charge is 0.284 e. The van der Waals surface area contributed by atoms with Crippen LogP contribution in [0.15, 0.2) is 42.5 Å². The Labute approximate surface area is 135 Å². The third-order valence-electron chi connectivity index (χ3n) is 3.23. The van der Waals surface area contributed by atoms with E-state index in [9.17, 15) is 13.2 Å². The predicted octanol–water partition coefficient (Wildman–Crippen LogP) is 4.59. The Balaban J connectivity index is 2.39. The Morgan fingerprint density at radius 2 is 1.70 bits per heavy atom. The van der Waals surface area contributed by atoms with Gasteiger partial charge in [-0.15, -0.1) is 6.42 Å². The zero-order valence-corrected chi connectivity index (χ0v) is 12.3. The van der Waals surface area contributed by atoms with Gasteiger partial charge in [-0.1, -0.05) is 23.7 Å². The quantitative estimate of drug-likeness (QED) is 0.628. The summed E-state index contributed by atoms with van der Waals surface area (Å²) < 4.78 is 43.0. The minimum Gasteiger partial charge on any atom is -0.284 e. The average molecular weight is 333 g/mol.